The molecule has 3 nitrogen and oxygen atoms in total. The van der Waals surface area contributed by atoms with E-state index in [9.17, 15) is 21.6 Å². The molecule has 9 heteroatoms. The molecule has 0 aliphatic heterocycles. The SMILES string of the molecule is CC(C)[Si](C#CI(OS(=O)(=O)C(F)(F)F)c1ccccc1)(C(C)C)C(C)C. The quantitative estimate of drug-likeness (QED) is 0.186. The predicted molar refractivity (Wildman–Crippen MR) is 114 cm³/mol. The number of benzene rings is 1. The van der Waals surface area contributed by atoms with Gasteiger partial charge in [-0.15, -0.1) is 0 Å². The number of rotatable bonds is 6. The van der Waals surface area contributed by atoms with Crippen molar-refractivity contribution in [3.8, 4) is 9.47 Å². The zero-order valence-electron chi connectivity index (χ0n) is 16.3. The first-order chi connectivity index (χ1) is 12.3. The molecule has 0 N–H and O–H groups in total. The fraction of sp³-hybridized carbons (Fsp3) is 0.556. The number of hydrogen-bond acceptors (Lipinski definition) is 3. The molecule has 0 unspecified atom stereocenters. The Hall–Kier alpha value is -0.573. The summed E-state index contributed by atoms with van der Waals surface area (Å²) in [5.74, 6) is 0. The van der Waals surface area contributed by atoms with Gasteiger partial charge < -0.3 is 0 Å². The van der Waals surface area contributed by atoms with E-state index < -0.39 is 43.9 Å². The molecule has 0 aliphatic carbocycles. The minimum atomic E-state index is -5.69. The number of hydrogen-bond donors (Lipinski definition) is 0. The second kappa shape index (κ2) is 9.28. The van der Waals surface area contributed by atoms with Crippen LogP contribution >= 0.6 is 20.2 Å². The first-order valence-electron chi connectivity index (χ1n) is 8.54. The van der Waals surface area contributed by atoms with Gasteiger partial charge in [0.1, 0.15) is 0 Å². The second-order valence-electron chi connectivity index (χ2n) is 7.12. The summed E-state index contributed by atoms with van der Waals surface area (Å²) in [7, 11) is -7.91. The van der Waals surface area contributed by atoms with E-state index in [4.69, 9.17) is 0 Å². The third-order valence-corrected chi connectivity index (χ3v) is 17.3. The minimum absolute atomic E-state index is 0.276. The van der Waals surface area contributed by atoms with E-state index in [1.54, 1.807) is 30.3 Å². The van der Waals surface area contributed by atoms with Crippen LogP contribution in [0.1, 0.15) is 41.5 Å². The Bertz CT molecular complexity index is 760. The summed E-state index contributed by atoms with van der Waals surface area (Å²) in [6.07, 6.45) is 0. The summed E-state index contributed by atoms with van der Waals surface area (Å²) in [6.45, 7) is 12.5. The molecule has 0 atom stereocenters. The third kappa shape index (κ3) is 5.71. The van der Waals surface area contributed by atoms with Gasteiger partial charge >= 0.3 is 170 Å². The van der Waals surface area contributed by atoms with Gasteiger partial charge in [0, 0.05) is 0 Å². The molecule has 0 heterocycles. The molecule has 27 heavy (non-hydrogen) atoms. The predicted octanol–water partition coefficient (Wildman–Crippen LogP) is 6.32. The molecule has 1 aromatic carbocycles. The van der Waals surface area contributed by atoms with Crippen LogP contribution < -0.4 is 0 Å². The Morgan fingerprint density at radius 1 is 0.963 bits per heavy atom. The Labute approximate surface area is 169 Å². The van der Waals surface area contributed by atoms with Crippen LogP contribution in [0.2, 0.25) is 16.6 Å². The zero-order valence-corrected chi connectivity index (χ0v) is 20.2. The molecule has 0 bridgehead atoms. The number of alkyl halides is 3. The molecule has 0 spiro atoms. The normalized spacial score (nSPS) is 13.7. The molecule has 0 fully saturated rings. The van der Waals surface area contributed by atoms with E-state index in [2.05, 4.69) is 53.5 Å². The van der Waals surface area contributed by atoms with Crippen molar-refractivity contribution in [1.29, 1.82) is 0 Å². The van der Waals surface area contributed by atoms with Crippen LogP contribution in [0.15, 0.2) is 30.3 Å². The van der Waals surface area contributed by atoms with Crippen molar-refractivity contribution in [2.24, 2.45) is 0 Å². The monoisotopic (exact) mass is 534 g/mol. The Kier molecular flexibility index (Phi) is 8.41. The van der Waals surface area contributed by atoms with Crippen molar-refractivity contribution < 1.29 is 24.1 Å². The summed E-state index contributed by atoms with van der Waals surface area (Å²) in [5.41, 5.74) is -1.32. The summed E-state index contributed by atoms with van der Waals surface area (Å²) in [5, 5.41) is 0. The average Bonchev–Trinajstić information content (AvgIpc) is 2.52. The van der Waals surface area contributed by atoms with Gasteiger partial charge in [-0.25, -0.2) is 0 Å². The first-order valence-corrected chi connectivity index (χ1v) is 15.2. The standard InChI is InChI=1S/C18H26F3IO3SSi/c1-14(2)27(15(3)4,16(5)6)13-12-22(17-10-8-7-9-11-17)25-26(23,24)18(19,20)21/h7-11,14-16H,1-6H3. The second-order valence-corrected chi connectivity index (χ2v) is 18.5. The molecule has 0 aliphatic rings. The molecule has 0 saturated carbocycles. The molecule has 154 valence electrons. The van der Waals surface area contributed by atoms with Crippen LogP contribution in [0, 0.1) is 13.0 Å². The van der Waals surface area contributed by atoms with Gasteiger partial charge in [0.25, 0.3) is 0 Å². The molecule has 0 aromatic heterocycles. The molecule has 0 amide bonds. The topological polar surface area (TPSA) is 43.4 Å². The molecular formula is C18H26F3IO3SSi. The molecular weight excluding hydrogens is 508 g/mol. The van der Waals surface area contributed by atoms with Crippen molar-refractivity contribution >= 4 is 38.4 Å². The van der Waals surface area contributed by atoms with Crippen molar-refractivity contribution in [2.45, 2.75) is 63.7 Å². The van der Waals surface area contributed by atoms with Crippen molar-refractivity contribution in [3.63, 3.8) is 0 Å². The van der Waals surface area contributed by atoms with Crippen molar-refractivity contribution in [3.05, 3.63) is 33.9 Å². The zero-order chi connectivity index (χ0) is 21.0. The molecule has 0 saturated heterocycles. The van der Waals surface area contributed by atoms with Crippen molar-refractivity contribution in [1.82, 2.24) is 0 Å². The van der Waals surface area contributed by atoms with Gasteiger partial charge in [0.15, 0.2) is 0 Å². The van der Waals surface area contributed by atoms with Crippen LogP contribution in [-0.4, -0.2) is 22.0 Å². The van der Waals surface area contributed by atoms with E-state index in [1.807, 2.05) is 0 Å². The number of halogens is 4. The molecule has 1 rings (SSSR count). The van der Waals surface area contributed by atoms with E-state index in [0.29, 0.717) is 3.57 Å². The molecule has 1 aromatic rings. The summed E-state index contributed by atoms with van der Waals surface area (Å²) in [6, 6.07) is 8.15. The first kappa shape index (κ1) is 24.5. The van der Waals surface area contributed by atoms with E-state index in [-0.39, 0.29) is 16.6 Å². The van der Waals surface area contributed by atoms with Crippen LogP contribution in [0.4, 0.5) is 13.2 Å². The van der Waals surface area contributed by atoms with Crippen LogP contribution in [0.25, 0.3) is 0 Å². The third-order valence-electron chi connectivity index (χ3n) is 4.58. The maximum atomic E-state index is 12.8. The summed E-state index contributed by atoms with van der Waals surface area (Å²) in [4.78, 5) is 0. The Morgan fingerprint density at radius 3 is 1.78 bits per heavy atom. The van der Waals surface area contributed by atoms with Gasteiger partial charge in [0.05, 0.1) is 0 Å². The van der Waals surface area contributed by atoms with E-state index in [1.165, 1.54) is 0 Å². The van der Waals surface area contributed by atoms with Gasteiger partial charge in [-0.2, -0.15) is 0 Å². The summed E-state index contributed by atoms with van der Waals surface area (Å²) >= 11 is -3.39. The molecule has 0 radical (unpaired) electrons. The Balaban J connectivity index is 3.50. The van der Waals surface area contributed by atoms with E-state index in [0.717, 1.165) is 0 Å². The van der Waals surface area contributed by atoms with E-state index >= 15 is 0 Å². The van der Waals surface area contributed by atoms with Crippen LogP contribution in [0.3, 0.4) is 0 Å². The fourth-order valence-electron chi connectivity index (χ4n) is 3.31. The summed E-state index contributed by atoms with van der Waals surface area (Å²) < 4.78 is 69.7. The van der Waals surface area contributed by atoms with Crippen molar-refractivity contribution in [2.75, 3.05) is 0 Å². The average molecular weight is 534 g/mol. The van der Waals surface area contributed by atoms with Gasteiger partial charge in [-0.1, -0.05) is 0 Å². The van der Waals surface area contributed by atoms with Gasteiger partial charge in [-0.05, 0) is 0 Å². The maximum absolute atomic E-state index is 12.8. The van der Waals surface area contributed by atoms with Gasteiger partial charge in [-0.3, -0.25) is 0 Å². The van der Waals surface area contributed by atoms with Gasteiger partial charge in [0.2, 0.25) is 0 Å². The Morgan fingerprint density at radius 2 is 1.41 bits per heavy atom. The fourth-order valence-corrected chi connectivity index (χ4v) is 15.2. The van der Waals surface area contributed by atoms with Crippen LogP contribution in [-0.2, 0) is 12.6 Å². The van der Waals surface area contributed by atoms with Crippen LogP contribution in [0.5, 0.6) is 0 Å².